The maximum atomic E-state index is 12.7. The lowest BCUT2D eigenvalue weighted by atomic mass is 10.4. The molecule has 1 heterocycles. The second-order valence-electron chi connectivity index (χ2n) is 5.85. The van der Waals surface area contributed by atoms with Crippen molar-refractivity contribution < 1.29 is 8.42 Å². The molecule has 0 atom stereocenters. The Balaban J connectivity index is 1.70. The number of rotatable bonds is 8. The minimum Gasteiger partial charge on any atom is -0.309 e. The predicted molar refractivity (Wildman–Crippen MR) is 84.5 cm³/mol. The van der Waals surface area contributed by atoms with Crippen LogP contribution >= 0.6 is 11.3 Å². The third-order valence-corrected chi connectivity index (χ3v) is 6.71. The Labute approximate surface area is 130 Å². The number of hydrogen-bond acceptors (Lipinski definition) is 4. The van der Waals surface area contributed by atoms with Crippen molar-refractivity contribution in [2.24, 2.45) is 5.92 Å². The zero-order valence-electron chi connectivity index (χ0n) is 11.9. The van der Waals surface area contributed by atoms with Gasteiger partial charge in [-0.05, 0) is 37.7 Å². The van der Waals surface area contributed by atoms with E-state index in [0.29, 0.717) is 23.4 Å². The quantitative estimate of drug-likeness (QED) is 0.745. The van der Waals surface area contributed by atoms with Crippen molar-refractivity contribution in [2.45, 2.75) is 43.2 Å². The number of hydrogen-bond donors (Lipinski definition) is 1. The van der Waals surface area contributed by atoms with Crippen molar-refractivity contribution in [1.82, 2.24) is 9.62 Å². The number of nitrogens with zero attached hydrogens (tertiary/aromatic N) is 1. The van der Waals surface area contributed by atoms with Gasteiger partial charge < -0.3 is 5.32 Å². The van der Waals surface area contributed by atoms with Crippen molar-refractivity contribution in [3.63, 3.8) is 0 Å². The Bertz CT molecular complexity index is 637. The highest BCUT2D eigenvalue weighted by atomic mass is 32.2. The molecule has 1 aromatic heterocycles. The normalized spacial score (nSPS) is 18.9. The summed E-state index contributed by atoms with van der Waals surface area (Å²) in [5, 5.41) is 5.14. The van der Waals surface area contributed by atoms with E-state index in [2.05, 4.69) is 11.2 Å². The molecular formula is C15H20N2O2S2. The van der Waals surface area contributed by atoms with Crippen LogP contribution in [-0.2, 0) is 16.6 Å². The molecule has 0 aromatic carbocycles. The molecule has 2 aliphatic carbocycles. The summed E-state index contributed by atoms with van der Waals surface area (Å²) in [5.74, 6) is 2.96. The largest absolute Gasteiger partial charge is 0.309 e. The van der Waals surface area contributed by atoms with Gasteiger partial charge in [0.05, 0.1) is 11.4 Å². The van der Waals surface area contributed by atoms with E-state index in [-0.39, 0.29) is 6.54 Å². The van der Waals surface area contributed by atoms with Crippen LogP contribution in [0.3, 0.4) is 0 Å². The molecule has 0 radical (unpaired) electrons. The van der Waals surface area contributed by atoms with Crippen LogP contribution in [0.1, 0.15) is 30.6 Å². The van der Waals surface area contributed by atoms with E-state index in [9.17, 15) is 8.42 Å². The summed E-state index contributed by atoms with van der Waals surface area (Å²) in [7, 11) is -3.45. The highest BCUT2D eigenvalue weighted by Gasteiger charge is 2.31. The lowest BCUT2D eigenvalue weighted by Gasteiger charge is -2.18. The van der Waals surface area contributed by atoms with Gasteiger partial charge in [0.2, 0.25) is 10.0 Å². The first-order valence-electron chi connectivity index (χ1n) is 7.34. The highest BCUT2D eigenvalue weighted by molar-refractivity contribution is 7.89. The molecule has 1 N–H and O–H groups in total. The molecule has 2 saturated carbocycles. The smallest absolute Gasteiger partial charge is 0.244 e. The van der Waals surface area contributed by atoms with Gasteiger partial charge in [0, 0.05) is 29.4 Å². The van der Waals surface area contributed by atoms with E-state index >= 15 is 0 Å². The Morgan fingerprint density at radius 1 is 1.38 bits per heavy atom. The van der Waals surface area contributed by atoms with Gasteiger partial charge in [-0.15, -0.1) is 17.8 Å². The minimum absolute atomic E-state index is 0.157. The van der Waals surface area contributed by atoms with Crippen LogP contribution in [-0.4, -0.2) is 31.9 Å². The van der Waals surface area contributed by atoms with E-state index in [1.807, 2.05) is 0 Å². The topological polar surface area (TPSA) is 49.4 Å². The molecule has 0 amide bonds. The lowest BCUT2D eigenvalue weighted by Crippen LogP contribution is -2.33. The van der Waals surface area contributed by atoms with Crippen LogP contribution in [0.4, 0.5) is 0 Å². The summed E-state index contributed by atoms with van der Waals surface area (Å²) in [4.78, 5) is 1.45. The maximum Gasteiger partial charge on any atom is 0.244 e. The van der Waals surface area contributed by atoms with Crippen LogP contribution in [0.25, 0.3) is 0 Å². The fraction of sp³-hybridized carbons (Fsp3) is 0.600. The lowest BCUT2D eigenvalue weighted by molar-refractivity contribution is 0.430. The van der Waals surface area contributed by atoms with Crippen LogP contribution in [0, 0.1) is 18.3 Å². The van der Waals surface area contributed by atoms with Crippen molar-refractivity contribution in [3.05, 3.63) is 16.3 Å². The van der Waals surface area contributed by atoms with E-state index in [0.717, 1.165) is 24.3 Å². The van der Waals surface area contributed by atoms with Crippen molar-refractivity contribution in [3.8, 4) is 12.3 Å². The van der Waals surface area contributed by atoms with Gasteiger partial charge in [0.1, 0.15) is 0 Å². The Hall–Kier alpha value is -0.870. The molecule has 0 unspecified atom stereocenters. The standard InChI is InChI=1S/C15H20N2O2S2/c1-2-7-17(10-12-3-4-12)21(18,19)15-8-14(20-11-15)9-16-13-5-6-13/h1,8,11-13,16H,3-7,9-10H2. The van der Waals surface area contributed by atoms with Gasteiger partial charge >= 0.3 is 0 Å². The minimum atomic E-state index is -3.45. The number of terminal acetylenes is 1. The van der Waals surface area contributed by atoms with Crippen LogP contribution < -0.4 is 5.32 Å². The zero-order chi connectivity index (χ0) is 14.9. The first-order valence-corrected chi connectivity index (χ1v) is 9.66. The summed E-state index contributed by atoms with van der Waals surface area (Å²) in [6.07, 6.45) is 10.0. The molecule has 21 heavy (non-hydrogen) atoms. The fourth-order valence-electron chi connectivity index (χ4n) is 2.21. The first kappa shape index (κ1) is 15.0. The first-order chi connectivity index (χ1) is 10.1. The van der Waals surface area contributed by atoms with E-state index in [4.69, 9.17) is 6.42 Å². The van der Waals surface area contributed by atoms with Crippen molar-refractivity contribution in [1.29, 1.82) is 0 Å². The predicted octanol–water partition coefficient (Wildman–Crippen LogP) is 2.03. The summed E-state index contributed by atoms with van der Waals surface area (Å²) in [5.41, 5.74) is 0. The third kappa shape index (κ3) is 3.86. The van der Waals surface area contributed by atoms with Gasteiger partial charge in [-0.25, -0.2) is 8.42 Å². The Kier molecular flexibility index (Phi) is 4.36. The van der Waals surface area contributed by atoms with Crippen LogP contribution in [0.15, 0.2) is 16.3 Å². The molecule has 4 nitrogen and oxygen atoms in total. The second-order valence-corrected chi connectivity index (χ2v) is 8.78. The SMILES string of the molecule is C#CCN(CC1CC1)S(=O)(=O)c1csc(CNC2CC2)c1. The molecule has 6 heteroatoms. The van der Waals surface area contributed by atoms with Crippen LogP contribution in [0.5, 0.6) is 0 Å². The van der Waals surface area contributed by atoms with Gasteiger partial charge in [0.25, 0.3) is 0 Å². The van der Waals surface area contributed by atoms with Crippen molar-refractivity contribution in [2.75, 3.05) is 13.1 Å². The van der Waals surface area contributed by atoms with Gasteiger partial charge in [-0.2, -0.15) is 4.31 Å². The number of thiophene rings is 1. The van der Waals surface area contributed by atoms with Gasteiger partial charge in [-0.1, -0.05) is 5.92 Å². The molecule has 114 valence electrons. The monoisotopic (exact) mass is 324 g/mol. The molecule has 0 spiro atoms. The maximum absolute atomic E-state index is 12.7. The summed E-state index contributed by atoms with van der Waals surface area (Å²) in [6.45, 7) is 1.46. The fourth-order valence-corrected chi connectivity index (χ4v) is 4.85. The van der Waals surface area contributed by atoms with Crippen molar-refractivity contribution >= 4 is 21.4 Å². The molecule has 3 rings (SSSR count). The number of sulfonamides is 1. The molecule has 2 aliphatic rings. The second kappa shape index (κ2) is 6.09. The average Bonchev–Trinajstić information content (AvgIpc) is 3.37. The zero-order valence-corrected chi connectivity index (χ0v) is 13.5. The van der Waals surface area contributed by atoms with E-state index in [1.165, 1.54) is 28.5 Å². The summed E-state index contributed by atoms with van der Waals surface area (Å²) in [6, 6.07) is 2.41. The average molecular weight is 324 g/mol. The van der Waals surface area contributed by atoms with Crippen LogP contribution in [0.2, 0.25) is 0 Å². The van der Waals surface area contributed by atoms with Gasteiger partial charge in [-0.3, -0.25) is 0 Å². The van der Waals surface area contributed by atoms with E-state index in [1.54, 1.807) is 11.4 Å². The highest BCUT2D eigenvalue weighted by Crippen LogP contribution is 2.32. The van der Waals surface area contributed by atoms with E-state index < -0.39 is 10.0 Å². The summed E-state index contributed by atoms with van der Waals surface area (Å²) < 4.78 is 26.8. The van der Waals surface area contributed by atoms with Gasteiger partial charge in [0.15, 0.2) is 0 Å². The third-order valence-electron chi connectivity index (χ3n) is 3.84. The summed E-state index contributed by atoms with van der Waals surface area (Å²) >= 11 is 1.50. The molecular weight excluding hydrogens is 304 g/mol. The molecule has 0 aliphatic heterocycles. The Morgan fingerprint density at radius 2 is 2.14 bits per heavy atom. The molecule has 1 aromatic rings. The number of nitrogens with one attached hydrogen (secondary N) is 1. The molecule has 0 bridgehead atoms. The Morgan fingerprint density at radius 3 is 2.76 bits per heavy atom. The molecule has 2 fully saturated rings. The molecule has 0 saturated heterocycles.